The lowest BCUT2D eigenvalue weighted by atomic mass is 10.3. The number of nitrogens with zero attached hydrogens (tertiary/aromatic N) is 4. The van der Waals surface area contributed by atoms with Gasteiger partial charge < -0.3 is 34.5 Å². The quantitative estimate of drug-likeness (QED) is 0.127. The third-order valence-electron chi connectivity index (χ3n) is 4.87. The minimum absolute atomic E-state index is 0.272. The third-order valence-corrected chi connectivity index (χ3v) is 6.65. The second-order valence-electron chi connectivity index (χ2n) is 8.86. The largest absolute Gasteiger partial charge is 0.478 e. The number of nitrogen functional groups attached to an aromatic ring is 1. The fraction of sp³-hybridized carbons (Fsp3) is 0.360. The van der Waals surface area contributed by atoms with E-state index in [1.165, 1.54) is 6.33 Å². The van der Waals surface area contributed by atoms with Crippen LogP contribution in [-0.2, 0) is 35.0 Å². The Bertz CT molecular complexity index is 1380. The summed E-state index contributed by atoms with van der Waals surface area (Å²) in [5.41, 5.74) is 6.91. The number of esters is 1. The molecule has 16 heteroatoms. The standard InChI is InChI=1S/C21H29N6O5P.C4H4O4/c1-14(2)31-21(28)16(4)26-33(29,32-17-8-6-5-7-9-17)13-30-15(3)10-27-12-25-18-19(22)23-11-24-20(18)27;5-3(6)1-2-4(7)8/h5-9,11-12,14-16H,10,13H2,1-4H3,(H,26,29)(H2,22,23,24);1-2H,(H,5,6)(H,7,8)/b;2-1+/t15-,16+,33+;/m1./s1. The van der Waals surface area contributed by atoms with Crippen molar-refractivity contribution in [1.82, 2.24) is 24.6 Å². The molecular weight excluding hydrogens is 559 g/mol. The number of para-hydroxylation sites is 1. The molecule has 0 spiro atoms. The summed E-state index contributed by atoms with van der Waals surface area (Å²) in [6, 6.07) is 7.83. The number of carboxylic acids is 2. The number of aromatic nitrogens is 4. The van der Waals surface area contributed by atoms with Gasteiger partial charge in [0.25, 0.3) is 0 Å². The normalized spacial score (nSPS) is 14.1. The van der Waals surface area contributed by atoms with Gasteiger partial charge in [-0.05, 0) is 39.8 Å². The molecule has 2 heterocycles. The van der Waals surface area contributed by atoms with Crippen molar-refractivity contribution in [2.75, 3.05) is 12.1 Å². The minimum atomic E-state index is -3.64. The molecule has 3 rings (SSSR count). The average Bonchev–Trinajstić information content (AvgIpc) is 3.30. The highest BCUT2D eigenvalue weighted by molar-refractivity contribution is 7.57. The maximum absolute atomic E-state index is 13.6. The Morgan fingerprint density at radius 2 is 1.68 bits per heavy atom. The molecule has 1 aromatic carbocycles. The van der Waals surface area contributed by atoms with Crippen LogP contribution in [0.2, 0.25) is 0 Å². The van der Waals surface area contributed by atoms with Crippen molar-refractivity contribution in [2.45, 2.75) is 52.5 Å². The van der Waals surface area contributed by atoms with Crippen molar-refractivity contribution in [3.8, 4) is 5.75 Å². The Morgan fingerprint density at radius 1 is 1.05 bits per heavy atom. The van der Waals surface area contributed by atoms with Crippen molar-refractivity contribution >= 4 is 42.4 Å². The molecule has 0 aliphatic carbocycles. The first-order chi connectivity index (χ1) is 19.3. The maximum Gasteiger partial charge on any atom is 0.342 e. The van der Waals surface area contributed by atoms with Crippen molar-refractivity contribution < 1.29 is 43.2 Å². The number of carbonyl (C=O) groups is 3. The summed E-state index contributed by atoms with van der Waals surface area (Å²) < 4.78 is 32.2. The van der Waals surface area contributed by atoms with Crippen molar-refractivity contribution in [1.29, 1.82) is 0 Å². The molecule has 0 aliphatic rings. The Balaban J connectivity index is 0.000000642. The molecule has 5 N–H and O–H groups in total. The second-order valence-corrected chi connectivity index (χ2v) is 10.9. The Labute approximate surface area is 235 Å². The van der Waals surface area contributed by atoms with Crippen LogP contribution in [0.4, 0.5) is 5.82 Å². The molecule has 15 nitrogen and oxygen atoms in total. The van der Waals surface area contributed by atoms with Gasteiger partial charge in [0.1, 0.15) is 30.0 Å². The van der Waals surface area contributed by atoms with E-state index in [-0.39, 0.29) is 18.6 Å². The van der Waals surface area contributed by atoms with Crippen LogP contribution in [0.15, 0.2) is 55.1 Å². The van der Waals surface area contributed by atoms with Gasteiger partial charge in [-0.25, -0.2) is 29.6 Å². The van der Waals surface area contributed by atoms with Gasteiger partial charge in [0, 0.05) is 12.2 Å². The highest BCUT2D eigenvalue weighted by atomic mass is 31.2. The molecule has 0 fully saturated rings. The Kier molecular flexibility index (Phi) is 12.4. The summed E-state index contributed by atoms with van der Waals surface area (Å²) in [5, 5.41) is 18.4. The molecule has 0 bridgehead atoms. The monoisotopic (exact) mass is 592 g/mol. The number of nitrogens with two attached hydrogens (primary N) is 1. The Hall–Kier alpha value is -4.33. The summed E-state index contributed by atoms with van der Waals surface area (Å²) in [6.07, 6.45) is 3.13. The molecular formula is C25H33N6O9P. The van der Waals surface area contributed by atoms with Crippen LogP contribution in [0.1, 0.15) is 27.7 Å². The van der Waals surface area contributed by atoms with Crippen molar-refractivity contribution in [2.24, 2.45) is 0 Å². The summed E-state index contributed by atoms with van der Waals surface area (Å²) >= 11 is 0. The van der Waals surface area contributed by atoms with E-state index in [4.69, 9.17) is 29.9 Å². The third kappa shape index (κ3) is 11.4. The predicted octanol–water partition coefficient (Wildman–Crippen LogP) is 2.68. The molecule has 41 heavy (non-hydrogen) atoms. The molecule has 222 valence electrons. The first-order valence-electron chi connectivity index (χ1n) is 12.3. The van der Waals surface area contributed by atoms with Crippen LogP contribution >= 0.6 is 7.52 Å². The molecule has 0 unspecified atom stereocenters. The van der Waals surface area contributed by atoms with E-state index in [0.29, 0.717) is 41.4 Å². The zero-order valence-electron chi connectivity index (χ0n) is 22.9. The number of carbonyl (C=O) groups excluding carboxylic acids is 1. The van der Waals surface area contributed by atoms with Crippen LogP contribution in [0.5, 0.6) is 5.75 Å². The van der Waals surface area contributed by atoms with E-state index in [2.05, 4.69) is 20.0 Å². The van der Waals surface area contributed by atoms with E-state index < -0.39 is 31.5 Å². The number of benzene rings is 1. The molecule has 3 aromatic rings. The van der Waals surface area contributed by atoms with E-state index in [1.807, 2.05) is 13.0 Å². The summed E-state index contributed by atoms with van der Waals surface area (Å²) in [5.74, 6) is -2.36. The number of hydrogen-bond acceptors (Lipinski definition) is 11. The molecule has 0 amide bonds. The Morgan fingerprint density at radius 3 is 2.27 bits per heavy atom. The zero-order valence-corrected chi connectivity index (χ0v) is 23.8. The second kappa shape index (κ2) is 15.5. The van der Waals surface area contributed by atoms with Gasteiger partial charge in [-0.15, -0.1) is 0 Å². The molecule has 0 aliphatic heterocycles. The van der Waals surface area contributed by atoms with Gasteiger partial charge in [0.2, 0.25) is 0 Å². The van der Waals surface area contributed by atoms with Gasteiger partial charge in [-0.3, -0.25) is 9.36 Å². The fourth-order valence-electron chi connectivity index (χ4n) is 3.15. The van der Waals surface area contributed by atoms with Gasteiger partial charge in [0.15, 0.2) is 11.5 Å². The van der Waals surface area contributed by atoms with Gasteiger partial charge in [0.05, 0.1) is 25.1 Å². The number of imidazole rings is 1. The van der Waals surface area contributed by atoms with Crippen LogP contribution in [0.3, 0.4) is 0 Å². The summed E-state index contributed by atoms with van der Waals surface area (Å²) in [6.45, 7) is 7.25. The van der Waals surface area contributed by atoms with E-state index in [1.54, 1.807) is 55.9 Å². The smallest absolute Gasteiger partial charge is 0.342 e. The number of anilines is 1. The number of nitrogens with one attached hydrogen (secondary N) is 1. The number of aliphatic carboxylic acids is 2. The minimum Gasteiger partial charge on any atom is -0.478 e. The van der Waals surface area contributed by atoms with Gasteiger partial charge in [-0.2, -0.15) is 0 Å². The first-order valence-corrected chi connectivity index (χ1v) is 14.1. The molecule has 0 radical (unpaired) electrons. The topological polar surface area (TPSA) is 218 Å². The highest BCUT2D eigenvalue weighted by Crippen LogP contribution is 2.44. The van der Waals surface area contributed by atoms with Gasteiger partial charge in [-0.1, -0.05) is 18.2 Å². The van der Waals surface area contributed by atoms with E-state index >= 15 is 0 Å². The van der Waals surface area contributed by atoms with Crippen LogP contribution in [-0.4, -0.2) is 72.2 Å². The number of hydrogen-bond donors (Lipinski definition) is 4. The number of rotatable bonds is 13. The predicted molar refractivity (Wildman–Crippen MR) is 148 cm³/mol. The number of fused-ring (bicyclic) bond motifs is 1. The lowest BCUT2D eigenvalue weighted by Crippen LogP contribution is -2.37. The van der Waals surface area contributed by atoms with Crippen molar-refractivity contribution in [3.05, 3.63) is 55.1 Å². The summed E-state index contributed by atoms with van der Waals surface area (Å²) in [7, 11) is -3.64. The maximum atomic E-state index is 13.6. The molecule has 3 atom stereocenters. The zero-order chi connectivity index (χ0) is 30.6. The molecule has 0 saturated carbocycles. The SMILES string of the molecule is CC(C)OC(=O)[C@H](C)N[P@](=O)(CO[C@H](C)Cn1cnc2c(N)ncnc21)Oc1ccccc1.O=C(O)/C=C/C(=O)O. The molecule has 0 saturated heterocycles. The fourth-order valence-corrected chi connectivity index (χ4v) is 4.94. The highest BCUT2D eigenvalue weighted by Gasteiger charge is 2.32. The average molecular weight is 593 g/mol. The lowest BCUT2D eigenvalue weighted by Gasteiger charge is -2.25. The van der Waals surface area contributed by atoms with Crippen LogP contribution in [0, 0.1) is 0 Å². The number of ether oxygens (including phenoxy) is 2. The lowest BCUT2D eigenvalue weighted by molar-refractivity contribution is -0.149. The van der Waals surface area contributed by atoms with Crippen LogP contribution in [0.25, 0.3) is 11.2 Å². The molecule has 2 aromatic heterocycles. The van der Waals surface area contributed by atoms with E-state index in [9.17, 15) is 18.9 Å². The first kappa shape index (κ1) is 32.9. The summed E-state index contributed by atoms with van der Waals surface area (Å²) in [4.78, 5) is 43.7. The van der Waals surface area contributed by atoms with Gasteiger partial charge >= 0.3 is 25.4 Å². The number of carboxylic acid groups (broad SMARTS) is 2. The van der Waals surface area contributed by atoms with Crippen molar-refractivity contribution in [3.63, 3.8) is 0 Å². The van der Waals surface area contributed by atoms with E-state index in [0.717, 1.165) is 0 Å². The van der Waals surface area contributed by atoms with Crippen LogP contribution < -0.4 is 15.3 Å².